The maximum Gasteiger partial charge on any atom is 0.406 e. The number of hydrogen-bond donors (Lipinski definition) is 2. The van der Waals surface area contributed by atoms with E-state index in [2.05, 4.69) is 15.4 Å². The van der Waals surface area contributed by atoms with Gasteiger partial charge in [-0.25, -0.2) is 4.79 Å². The van der Waals surface area contributed by atoms with E-state index in [9.17, 15) is 9.59 Å². The number of amides is 2. The third kappa shape index (κ3) is 6.53. The van der Waals surface area contributed by atoms with Crippen LogP contribution in [0.2, 0.25) is 0 Å². The van der Waals surface area contributed by atoms with Gasteiger partial charge in [0, 0.05) is 32.2 Å². The number of benzene rings is 1. The summed E-state index contributed by atoms with van der Waals surface area (Å²) in [6, 6.07) is 7.75. The number of alkyl carbamates (subject to hydrolysis) is 1. The monoisotopic (exact) mass is 365 g/mol. The zero-order valence-electron chi connectivity index (χ0n) is 15.3. The van der Waals surface area contributed by atoms with Crippen LogP contribution in [-0.4, -0.2) is 70.0 Å². The molecule has 1 aliphatic heterocycles. The Bertz CT molecular complexity index is 573. The van der Waals surface area contributed by atoms with Crippen molar-refractivity contribution in [3.05, 3.63) is 29.8 Å². The third-order valence-electron chi connectivity index (χ3n) is 4.14. The maximum absolute atomic E-state index is 12.1. The van der Waals surface area contributed by atoms with Gasteiger partial charge in [-0.05, 0) is 24.6 Å². The van der Waals surface area contributed by atoms with Crippen molar-refractivity contribution in [2.24, 2.45) is 0 Å². The summed E-state index contributed by atoms with van der Waals surface area (Å²) in [7, 11) is 1.34. The predicted octanol–water partition coefficient (Wildman–Crippen LogP) is 0.931. The Morgan fingerprint density at radius 1 is 1.19 bits per heavy atom. The summed E-state index contributed by atoms with van der Waals surface area (Å²) < 4.78 is 15.3. The van der Waals surface area contributed by atoms with Gasteiger partial charge in [-0.2, -0.15) is 0 Å². The zero-order valence-corrected chi connectivity index (χ0v) is 15.3. The fourth-order valence-corrected chi connectivity index (χ4v) is 2.55. The molecule has 8 nitrogen and oxygen atoms in total. The first kappa shape index (κ1) is 20.0. The molecule has 2 rings (SSSR count). The molecule has 0 spiro atoms. The fourth-order valence-electron chi connectivity index (χ4n) is 2.55. The number of nitrogens with one attached hydrogen (secondary N) is 2. The van der Waals surface area contributed by atoms with Gasteiger partial charge in [-0.15, -0.1) is 0 Å². The second kappa shape index (κ2) is 10.6. The van der Waals surface area contributed by atoms with Crippen molar-refractivity contribution in [3.8, 4) is 5.75 Å². The molecule has 0 aromatic heterocycles. The molecule has 0 bridgehead atoms. The van der Waals surface area contributed by atoms with Gasteiger partial charge < -0.3 is 29.7 Å². The Balaban J connectivity index is 1.71. The molecular weight excluding hydrogens is 338 g/mol. The minimum atomic E-state index is -0.437. The smallest absolute Gasteiger partial charge is 0.406 e. The van der Waals surface area contributed by atoms with E-state index in [1.54, 1.807) is 4.90 Å². The molecule has 1 atom stereocenters. The molecule has 144 valence electrons. The number of ether oxygens (including phenoxy) is 3. The highest BCUT2D eigenvalue weighted by molar-refractivity contribution is 5.77. The van der Waals surface area contributed by atoms with Crippen LogP contribution in [0.1, 0.15) is 18.5 Å². The average molecular weight is 365 g/mol. The number of morpholine rings is 1. The van der Waals surface area contributed by atoms with Crippen LogP contribution in [0.3, 0.4) is 0 Å². The van der Waals surface area contributed by atoms with E-state index in [0.717, 1.165) is 5.56 Å². The van der Waals surface area contributed by atoms with Crippen molar-refractivity contribution in [3.63, 3.8) is 0 Å². The Morgan fingerprint density at radius 3 is 2.54 bits per heavy atom. The molecule has 0 aliphatic carbocycles. The fraction of sp³-hybridized carbons (Fsp3) is 0.556. The molecule has 1 fully saturated rings. The molecule has 2 N–H and O–H groups in total. The molecule has 0 saturated carbocycles. The molecule has 1 unspecified atom stereocenters. The second-order valence-corrected chi connectivity index (χ2v) is 5.95. The number of carbonyl (C=O) groups is 2. The highest BCUT2D eigenvalue weighted by atomic mass is 16.5. The predicted molar refractivity (Wildman–Crippen MR) is 96.2 cm³/mol. The van der Waals surface area contributed by atoms with Gasteiger partial charge in [0.15, 0.2) is 6.61 Å². The highest BCUT2D eigenvalue weighted by Gasteiger charge is 2.17. The van der Waals surface area contributed by atoms with E-state index in [1.807, 2.05) is 31.2 Å². The molecule has 1 aliphatic rings. The first-order valence-electron chi connectivity index (χ1n) is 8.73. The van der Waals surface area contributed by atoms with Gasteiger partial charge in [0.05, 0.1) is 20.3 Å². The van der Waals surface area contributed by atoms with Crippen LogP contribution in [0, 0.1) is 0 Å². The molecule has 1 aromatic carbocycles. The van der Waals surface area contributed by atoms with Crippen LogP contribution in [0.15, 0.2) is 24.3 Å². The summed E-state index contributed by atoms with van der Waals surface area (Å²) in [5.74, 6) is 0.639. The number of nitrogens with zero attached hydrogens (tertiary/aromatic N) is 1. The van der Waals surface area contributed by atoms with Crippen molar-refractivity contribution in [2.45, 2.75) is 13.0 Å². The Hall–Kier alpha value is -2.32. The lowest BCUT2D eigenvalue weighted by molar-refractivity contribution is -0.137. The summed E-state index contributed by atoms with van der Waals surface area (Å²) in [5, 5.41) is 5.92. The topological polar surface area (TPSA) is 89.1 Å². The standard InChI is InChI=1S/C18H27N3O5/c1-14(19-7-8-20-18(23)24-2)15-3-5-16(6-4-15)26-13-17(22)21-9-11-25-12-10-21/h3-6,14,19H,7-13H2,1-2H3,(H,20,23). The molecule has 1 heterocycles. The van der Waals surface area contributed by atoms with Gasteiger partial charge in [0.1, 0.15) is 5.75 Å². The van der Waals surface area contributed by atoms with Gasteiger partial charge in [0.25, 0.3) is 5.91 Å². The second-order valence-electron chi connectivity index (χ2n) is 5.95. The third-order valence-corrected chi connectivity index (χ3v) is 4.14. The minimum absolute atomic E-state index is 0.0227. The van der Waals surface area contributed by atoms with Crippen LogP contribution in [0.25, 0.3) is 0 Å². The van der Waals surface area contributed by atoms with Crippen molar-refractivity contribution in [1.29, 1.82) is 0 Å². The number of rotatable bonds is 8. The van der Waals surface area contributed by atoms with E-state index in [-0.39, 0.29) is 18.6 Å². The van der Waals surface area contributed by atoms with Crippen LogP contribution in [-0.2, 0) is 14.3 Å². The van der Waals surface area contributed by atoms with Crippen molar-refractivity contribution in [1.82, 2.24) is 15.5 Å². The minimum Gasteiger partial charge on any atom is -0.484 e. The zero-order chi connectivity index (χ0) is 18.8. The highest BCUT2D eigenvalue weighted by Crippen LogP contribution is 2.17. The molecule has 0 radical (unpaired) electrons. The van der Waals surface area contributed by atoms with Crippen molar-refractivity contribution >= 4 is 12.0 Å². The summed E-state index contributed by atoms with van der Waals surface area (Å²) in [4.78, 5) is 24.8. The first-order valence-corrected chi connectivity index (χ1v) is 8.73. The van der Waals surface area contributed by atoms with E-state index in [0.29, 0.717) is 45.1 Å². The molecule has 8 heteroatoms. The summed E-state index contributed by atoms with van der Waals surface area (Å²) >= 11 is 0. The molecular formula is C18H27N3O5. The molecule has 26 heavy (non-hydrogen) atoms. The number of carbonyl (C=O) groups excluding carboxylic acids is 2. The summed E-state index contributed by atoms with van der Waals surface area (Å²) in [6.45, 7) is 5.60. The van der Waals surface area contributed by atoms with E-state index < -0.39 is 6.09 Å². The quantitative estimate of drug-likeness (QED) is 0.667. The Morgan fingerprint density at radius 2 is 1.88 bits per heavy atom. The average Bonchev–Trinajstić information content (AvgIpc) is 2.70. The largest absolute Gasteiger partial charge is 0.484 e. The summed E-state index contributed by atoms with van der Waals surface area (Å²) in [6.07, 6.45) is -0.437. The van der Waals surface area contributed by atoms with Crippen LogP contribution in [0.5, 0.6) is 5.75 Å². The van der Waals surface area contributed by atoms with Gasteiger partial charge >= 0.3 is 6.09 Å². The number of methoxy groups -OCH3 is 1. The van der Waals surface area contributed by atoms with E-state index in [1.165, 1.54) is 7.11 Å². The first-order chi connectivity index (χ1) is 12.6. The lowest BCUT2D eigenvalue weighted by Crippen LogP contribution is -2.42. The van der Waals surface area contributed by atoms with Crippen molar-refractivity contribution in [2.75, 3.05) is 53.1 Å². The molecule has 1 saturated heterocycles. The van der Waals surface area contributed by atoms with Gasteiger partial charge in [-0.1, -0.05) is 12.1 Å². The summed E-state index contributed by atoms with van der Waals surface area (Å²) in [5.41, 5.74) is 1.09. The lowest BCUT2D eigenvalue weighted by atomic mass is 10.1. The SMILES string of the molecule is COC(=O)NCCNC(C)c1ccc(OCC(=O)N2CCOCC2)cc1. The number of hydrogen-bond acceptors (Lipinski definition) is 6. The van der Waals surface area contributed by atoms with Gasteiger partial charge in [0.2, 0.25) is 0 Å². The van der Waals surface area contributed by atoms with Crippen LogP contribution in [0.4, 0.5) is 4.79 Å². The van der Waals surface area contributed by atoms with Crippen LogP contribution >= 0.6 is 0 Å². The van der Waals surface area contributed by atoms with E-state index in [4.69, 9.17) is 9.47 Å². The Kier molecular flexibility index (Phi) is 8.17. The normalized spacial score (nSPS) is 15.2. The molecule has 2 amide bonds. The van der Waals surface area contributed by atoms with Crippen LogP contribution < -0.4 is 15.4 Å². The van der Waals surface area contributed by atoms with E-state index >= 15 is 0 Å². The lowest BCUT2D eigenvalue weighted by Gasteiger charge is -2.26. The van der Waals surface area contributed by atoms with Gasteiger partial charge in [-0.3, -0.25) is 4.79 Å². The Labute approximate surface area is 153 Å². The molecule has 1 aromatic rings. The maximum atomic E-state index is 12.1. The van der Waals surface area contributed by atoms with Crippen molar-refractivity contribution < 1.29 is 23.8 Å².